The minimum absolute atomic E-state index is 0.148. The zero-order valence-electron chi connectivity index (χ0n) is 12.1. The Morgan fingerprint density at radius 3 is 2.50 bits per heavy atom. The summed E-state index contributed by atoms with van der Waals surface area (Å²) in [6, 6.07) is 0. The quantitative estimate of drug-likeness (QED) is 0.788. The van der Waals surface area contributed by atoms with Crippen molar-refractivity contribution in [2.24, 2.45) is 16.7 Å². The van der Waals surface area contributed by atoms with Gasteiger partial charge in [0.25, 0.3) is 0 Å². The summed E-state index contributed by atoms with van der Waals surface area (Å²) in [6.07, 6.45) is 5.67. The maximum atomic E-state index is 12.5. The van der Waals surface area contributed by atoms with Crippen LogP contribution < -0.4 is 10.6 Å². The van der Waals surface area contributed by atoms with Gasteiger partial charge in [0, 0.05) is 13.1 Å². The van der Waals surface area contributed by atoms with Gasteiger partial charge in [0.2, 0.25) is 5.91 Å². The highest BCUT2D eigenvalue weighted by molar-refractivity contribution is 5.83. The van der Waals surface area contributed by atoms with Gasteiger partial charge in [-0.1, -0.05) is 20.8 Å². The minimum atomic E-state index is -0.148. The Hall–Kier alpha value is -0.570. The Bertz CT molecular complexity index is 302. The molecule has 0 aromatic rings. The third kappa shape index (κ3) is 2.56. The Balaban J connectivity index is 1.90. The van der Waals surface area contributed by atoms with Gasteiger partial charge in [-0.25, -0.2) is 0 Å². The van der Waals surface area contributed by atoms with Crippen LogP contribution in [0.2, 0.25) is 0 Å². The first-order chi connectivity index (χ1) is 8.55. The van der Waals surface area contributed by atoms with Crippen molar-refractivity contribution in [3.8, 4) is 0 Å². The highest BCUT2D eigenvalue weighted by Crippen LogP contribution is 2.51. The number of carbonyl (C=O) groups is 1. The Morgan fingerprint density at radius 1 is 1.33 bits per heavy atom. The maximum Gasteiger partial charge on any atom is 0.227 e. The first-order valence-corrected chi connectivity index (χ1v) is 7.54. The zero-order valence-corrected chi connectivity index (χ0v) is 12.1. The number of nitrogens with one attached hydrogen (secondary N) is 2. The summed E-state index contributed by atoms with van der Waals surface area (Å²) >= 11 is 0. The minimum Gasteiger partial charge on any atom is -0.355 e. The van der Waals surface area contributed by atoms with Crippen molar-refractivity contribution in [3.05, 3.63) is 0 Å². The maximum absolute atomic E-state index is 12.5. The molecule has 1 amide bonds. The predicted octanol–water partition coefficient (Wildman–Crippen LogP) is 2.32. The fraction of sp³-hybridized carbons (Fsp3) is 0.933. The summed E-state index contributed by atoms with van der Waals surface area (Å²) in [7, 11) is 0. The van der Waals surface area contributed by atoms with Gasteiger partial charge in [-0.3, -0.25) is 4.79 Å². The predicted molar refractivity (Wildman–Crippen MR) is 74.3 cm³/mol. The van der Waals surface area contributed by atoms with Gasteiger partial charge >= 0.3 is 0 Å². The summed E-state index contributed by atoms with van der Waals surface area (Å²) in [5, 5.41) is 6.63. The van der Waals surface area contributed by atoms with Crippen molar-refractivity contribution in [1.29, 1.82) is 0 Å². The van der Waals surface area contributed by atoms with E-state index >= 15 is 0 Å². The van der Waals surface area contributed by atoms with Crippen LogP contribution >= 0.6 is 0 Å². The molecule has 2 aliphatic rings. The monoisotopic (exact) mass is 252 g/mol. The van der Waals surface area contributed by atoms with E-state index in [4.69, 9.17) is 0 Å². The zero-order chi connectivity index (χ0) is 13.2. The second kappa shape index (κ2) is 5.20. The number of hydrogen-bond donors (Lipinski definition) is 2. The van der Waals surface area contributed by atoms with Crippen LogP contribution in [-0.4, -0.2) is 25.5 Å². The molecule has 3 nitrogen and oxygen atoms in total. The SMILES string of the molecule is CCC1(C(=O)NCC2(C(C)C)CC2)CCCNC1. The van der Waals surface area contributed by atoms with Gasteiger partial charge < -0.3 is 10.6 Å². The van der Waals surface area contributed by atoms with E-state index in [0.29, 0.717) is 11.3 Å². The number of hydrogen-bond acceptors (Lipinski definition) is 2. The van der Waals surface area contributed by atoms with Crippen LogP contribution in [-0.2, 0) is 4.79 Å². The van der Waals surface area contributed by atoms with Crippen molar-refractivity contribution < 1.29 is 4.79 Å². The smallest absolute Gasteiger partial charge is 0.227 e. The van der Waals surface area contributed by atoms with Gasteiger partial charge in [0.1, 0.15) is 0 Å². The third-order valence-electron chi connectivity index (χ3n) is 5.35. The van der Waals surface area contributed by atoms with Crippen LogP contribution in [0.15, 0.2) is 0 Å². The molecule has 0 aromatic heterocycles. The highest BCUT2D eigenvalue weighted by atomic mass is 16.2. The lowest BCUT2D eigenvalue weighted by atomic mass is 9.77. The molecular weight excluding hydrogens is 224 g/mol. The van der Waals surface area contributed by atoms with Gasteiger partial charge in [0.05, 0.1) is 5.41 Å². The number of carbonyl (C=O) groups excluding carboxylic acids is 1. The van der Waals surface area contributed by atoms with E-state index in [1.54, 1.807) is 0 Å². The molecule has 2 rings (SSSR count). The molecule has 1 unspecified atom stereocenters. The summed E-state index contributed by atoms with van der Waals surface area (Å²) in [4.78, 5) is 12.5. The molecule has 1 aliphatic heterocycles. The molecule has 1 saturated heterocycles. The summed E-state index contributed by atoms with van der Waals surface area (Å²) in [5.41, 5.74) is 0.262. The molecule has 0 spiro atoms. The summed E-state index contributed by atoms with van der Waals surface area (Å²) < 4.78 is 0. The van der Waals surface area contributed by atoms with E-state index in [9.17, 15) is 4.79 Å². The van der Waals surface area contributed by atoms with E-state index in [1.165, 1.54) is 12.8 Å². The van der Waals surface area contributed by atoms with E-state index in [1.807, 2.05) is 0 Å². The second-order valence-corrected chi connectivity index (χ2v) is 6.61. The molecule has 0 radical (unpaired) electrons. The van der Waals surface area contributed by atoms with Crippen LogP contribution in [0.25, 0.3) is 0 Å². The average Bonchev–Trinajstić information content (AvgIpc) is 3.18. The number of amides is 1. The second-order valence-electron chi connectivity index (χ2n) is 6.61. The fourth-order valence-corrected chi connectivity index (χ4v) is 3.19. The molecule has 104 valence electrons. The first-order valence-electron chi connectivity index (χ1n) is 7.54. The lowest BCUT2D eigenvalue weighted by Gasteiger charge is -2.36. The molecule has 1 heterocycles. The Labute approximate surface area is 111 Å². The van der Waals surface area contributed by atoms with Gasteiger partial charge in [0.15, 0.2) is 0 Å². The lowest BCUT2D eigenvalue weighted by molar-refractivity contribution is -0.132. The van der Waals surface area contributed by atoms with Crippen LogP contribution in [0.4, 0.5) is 0 Å². The van der Waals surface area contributed by atoms with Crippen molar-refractivity contribution >= 4 is 5.91 Å². The molecule has 0 bridgehead atoms. The topological polar surface area (TPSA) is 41.1 Å². The van der Waals surface area contributed by atoms with Crippen LogP contribution in [0, 0.1) is 16.7 Å². The summed E-state index contributed by atoms with van der Waals surface area (Å²) in [5.74, 6) is 0.962. The van der Waals surface area contributed by atoms with E-state index in [-0.39, 0.29) is 11.3 Å². The Morgan fingerprint density at radius 2 is 2.06 bits per heavy atom. The van der Waals surface area contributed by atoms with E-state index in [2.05, 4.69) is 31.4 Å². The standard InChI is InChI=1S/C15H28N2O/c1-4-14(6-5-9-16-10-14)13(18)17-11-15(7-8-15)12(2)3/h12,16H,4-11H2,1-3H3,(H,17,18). The number of piperidine rings is 1. The van der Waals surface area contributed by atoms with Crippen molar-refractivity contribution in [3.63, 3.8) is 0 Å². The van der Waals surface area contributed by atoms with Gasteiger partial charge in [-0.15, -0.1) is 0 Å². The van der Waals surface area contributed by atoms with E-state index < -0.39 is 0 Å². The summed E-state index contributed by atoms with van der Waals surface area (Å²) in [6.45, 7) is 9.48. The molecule has 1 atom stereocenters. The Kier molecular flexibility index (Phi) is 4.00. The highest BCUT2D eigenvalue weighted by Gasteiger charge is 2.46. The lowest BCUT2D eigenvalue weighted by Crippen LogP contribution is -2.51. The normalized spacial score (nSPS) is 30.2. The van der Waals surface area contributed by atoms with E-state index in [0.717, 1.165) is 38.9 Å². The van der Waals surface area contributed by atoms with Gasteiger partial charge in [-0.05, 0) is 50.0 Å². The molecule has 2 N–H and O–H groups in total. The van der Waals surface area contributed by atoms with Crippen molar-refractivity contribution in [1.82, 2.24) is 10.6 Å². The molecule has 1 aliphatic carbocycles. The largest absolute Gasteiger partial charge is 0.355 e. The van der Waals surface area contributed by atoms with Crippen LogP contribution in [0.5, 0.6) is 0 Å². The van der Waals surface area contributed by atoms with Gasteiger partial charge in [-0.2, -0.15) is 0 Å². The van der Waals surface area contributed by atoms with Crippen LogP contribution in [0.3, 0.4) is 0 Å². The molecular formula is C15H28N2O. The molecule has 3 heteroatoms. The van der Waals surface area contributed by atoms with Crippen LogP contribution in [0.1, 0.15) is 52.9 Å². The number of rotatable bonds is 5. The molecule has 2 fully saturated rings. The van der Waals surface area contributed by atoms with Crippen molar-refractivity contribution in [2.75, 3.05) is 19.6 Å². The van der Waals surface area contributed by atoms with Crippen molar-refractivity contribution in [2.45, 2.75) is 52.9 Å². The molecule has 1 saturated carbocycles. The third-order valence-corrected chi connectivity index (χ3v) is 5.35. The average molecular weight is 252 g/mol. The first kappa shape index (κ1) is 13.9. The molecule has 18 heavy (non-hydrogen) atoms. The molecule has 0 aromatic carbocycles. The fourth-order valence-electron chi connectivity index (χ4n) is 3.19.